The number of hydrogen-bond donors (Lipinski definition) is 0. The van der Waals surface area contributed by atoms with E-state index in [0.29, 0.717) is 5.56 Å². The lowest BCUT2D eigenvalue weighted by Crippen LogP contribution is -1.93. The fourth-order valence-electron chi connectivity index (χ4n) is 2.72. The Hall–Kier alpha value is -2.65. The van der Waals surface area contributed by atoms with Crippen molar-refractivity contribution in [2.75, 3.05) is 0 Å². The maximum Gasteiger partial charge on any atom is 0.185 e. The summed E-state index contributed by atoms with van der Waals surface area (Å²) in [7, 11) is 0. The monoisotopic (exact) mass is 376 g/mol. The molecule has 0 N–H and O–H groups in total. The number of carbonyl (C=O) groups is 1. The summed E-state index contributed by atoms with van der Waals surface area (Å²) in [6, 6.07) is 21.2. The van der Waals surface area contributed by atoms with E-state index in [0.717, 1.165) is 32.0 Å². The highest BCUT2D eigenvalue weighted by Crippen LogP contribution is 2.29. The normalized spacial score (nSPS) is 11.5. The number of para-hydroxylation sites is 1. The maximum atomic E-state index is 12.5. The highest BCUT2D eigenvalue weighted by molar-refractivity contribution is 9.10. The van der Waals surface area contributed by atoms with Crippen LogP contribution in [0.5, 0.6) is 0 Å². The van der Waals surface area contributed by atoms with Crippen LogP contribution in [0.15, 0.2) is 81.7 Å². The Kier molecular flexibility index (Phi) is 3.79. The molecule has 0 spiro atoms. The fraction of sp³-hybridized carbons (Fsp3) is 0. The Morgan fingerprint density at radius 2 is 1.62 bits per heavy atom. The molecule has 4 rings (SSSR count). The topological polar surface area (TPSA) is 30.2 Å². The quantitative estimate of drug-likeness (QED) is 0.312. The highest BCUT2D eigenvalue weighted by Gasteiger charge is 2.09. The zero-order valence-electron chi connectivity index (χ0n) is 12.7. The Balaban J connectivity index is 1.69. The van der Waals surface area contributed by atoms with Crippen molar-refractivity contribution in [3.05, 3.63) is 88.4 Å². The van der Waals surface area contributed by atoms with Crippen molar-refractivity contribution in [1.82, 2.24) is 0 Å². The van der Waals surface area contributed by atoms with Crippen LogP contribution in [0, 0.1) is 0 Å². The van der Waals surface area contributed by atoms with Gasteiger partial charge in [0.1, 0.15) is 11.2 Å². The molecule has 0 saturated carbocycles. The van der Waals surface area contributed by atoms with Gasteiger partial charge in [-0.15, -0.1) is 0 Å². The molecule has 0 unspecified atom stereocenters. The third kappa shape index (κ3) is 2.79. The van der Waals surface area contributed by atoms with Gasteiger partial charge in [0, 0.05) is 20.8 Å². The van der Waals surface area contributed by atoms with E-state index in [2.05, 4.69) is 15.9 Å². The Morgan fingerprint density at radius 1 is 0.875 bits per heavy atom. The van der Waals surface area contributed by atoms with Crippen LogP contribution < -0.4 is 0 Å². The van der Waals surface area contributed by atoms with Crippen LogP contribution in [0.3, 0.4) is 0 Å². The van der Waals surface area contributed by atoms with E-state index in [1.807, 2.05) is 66.7 Å². The summed E-state index contributed by atoms with van der Waals surface area (Å²) >= 11 is 3.40. The van der Waals surface area contributed by atoms with Crippen molar-refractivity contribution >= 4 is 49.7 Å². The van der Waals surface area contributed by atoms with Gasteiger partial charge in [-0.1, -0.05) is 52.3 Å². The number of rotatable bonds is 3. The second kappa shape index (κ2) is 6.10. The summed E-state index contributed by atoms with van der Waals surface area (Å²) in [5.74, 6) is -0.0231. The van der Waals surface area contributed by atoms with Gasteiger partial charge in [0.15, 0.2) is 5.78 Å². The summed E-state index contributed by atoms with van der Waals surface area (Å²) in [5.41, 5.74) is 3.27. The molecule has 1 heterocycles. The molecule has 24 heavy (non-hydrogen) atoms. The van der Waals surface area contributed by atoms with Crippen LogP contribution in [0.2, 0.25) is 0 Å². The van der Waals surface area contributed by atoms with Crippen molar-refractivity contribution in [3.8, 4) is 0 Å². The van der Waals surface area contributed by atoms with E-state index >= 15 is 0 Å². The molecule has 0 fully saturated rings. The van der Waals surface area contributed by atoms with Crippen LogP contribution in [-0.4, -0.2) is 5.78 Å². The first-order valence-electron chi connectivity index (χ1n) is 7.60. The lowest BCUT2D eigenvalue weighted by atomic mass is 10.1. The molecule has 0 amide bonds. The summed E-state index contributed by atoms with van der Waals surface area (Å²) in [4.78, 5) is 12.5. The molecular formula is C21H13BrO2. The van der Waals surface area contributed by atoms with Gasteiger partial charge in [-0.3, -0.25) is 4.79 Å². The fourth-order valence-corrected chi connectivity index (χ4v) is 2.99. The lowest BCUT2D eigenvalue weighted by molar-refractivity contribution is 0.104. The maximum absolute atomic E-state index is 12.5. The minimum Gasteiger partial charge on any atom is -0.456 e. The van der Waals surface area contributed by atoms with Crippen LogP contribution in [-0.2, 0) is 0 Å². The first-order valence-corrected chi connectivity index (χ1v) is 8.39. The first-order chi connectivity index (χ1) is 11.7. The van der Waals surface area contributed by atoms with E-state index in [1.165, 1.54) is 0 Å². The molecular weight excluding hydrogens is 364 g/mol. The van der Waals surface area contributed by atoms with Crippen molar-refractivity contribution in [3.63, 3.8) is 0 Å². The lowest BCUT2D eigenvalue weighted by Gasteiger charge is -1.97. The van der Waals surface area contributed by atoms with E-state index in [4.69, 9.17) is 4.42 Å². The van der Waals surface area contributed by atoms with Crippen molar-refractivity contribution in [1.29, 1.82) is 0 Å². The zero-order chi connectivity index (χ0) is 16.5. The predicted octanol–water partition coefficient (Wildman–Crippen LogP) is 6.24. The number of ketones is 1. The van der Waals surface area contributed by atoms with Crippen LogP contribution >= 0.6 is 15.9 Å². The minimum atomic E-state index is -0.0231. The van der Waals surface area contributed by atoms with Gasteiger partial charge in [0.05, 0.1) is 0 Å². The van der Waals surface area contributed by atoms with Gasteiger partial charge in [0.25, 0.3) is 0 Å². The average molecular weight is 377 g/mol. The Morgan fingerprint density at radius 3 is 2.46 bits per heavy atom. The average Bonchev–Trinajstić information content (AvgIpc) is 2.99. The van der Waals surface area contributed by atoms with Gasteiger partial charge in [-0.25, -0.2) is 0 Å². The number of fused-ring (bicyclic) bond motifs is 3. The van der Waals surface area contributed by atoms with Crippen molar-refractivity contribution in [2.45, 2.75) is 0 Å². The van der Waals surface area contributed by atoms with E-state index < -0.39 is 0 Å². The largest absolute Gasteiger partial charge is 0.456 e. The zero-order valence-corrected chi connectivity index (χ0v) is 14.3. The number of benzene rings is 3. The summed E-state index contributed by atoms with van der Waals surface area (Å²) < 4.78 is 6.81. The van der Waals surface area contributed by atoms with Gasteiger partial charge in [-0.05, 0) is 48.0 Å². The van der Waals surface area contributed by atoms with Crippen LogP contribution in [0.4, 0.5) is 0 Å². The highest BCUT2D eigenvalue weighted by atomic mass is 79.9. The number of hydrogen-bond acceptors (Lipinski definition) is 2. The molecule has 0 saturated heterocycles. The molecule has 2 nitrogen and oxygen atoms in total. The van der Waals surface area contributed by atoms with Crippen LogP contribution in [0.1, 0.15) is 15.9 Å². The molecule has 0 aliphatic rings. The van der Waals surface area contributed by atoms with E-state index in [-0.39, 0.29) is 5.78 Å². The van der Waals surface area contributed by atoms with Gasteiger partial charge >= 0.3 is 0 Å². The van der Waals surface area contributed by atoms with Crippen molar-refractivity contribution in [2.24, 2.45) is 0 Å². The molecule has 4 aromatic rings. The molecule has 0 aliphatic heterocycles. The number of carbonyl (C=O) groups excluding carboxylic acids is 1. The van der Waals surface area contributed by atoms with E-state index in [9.17, 15) is 4.79 Å². The SMILES string of the molecule is O=C(C=Cc1ccc(Br)cc1)c1ccc2oc3ccccc3c2c1. The Bertz CT molecular complexity index is 1070. The molecule has 1 aromatic heterocycles. The standard InChI is InChI=1S/C21H13BrO2/c22-16-9-5-14(6-10-16)7-11-19(23)15-8-12-21-18(13-15)17-3-1-2-4-20(17)24-21/h1-13H. The first kappa shape index (κ1) is 14.9. The summed E-state index contributed by atoms with van der Waals surface area (Å²) in [5, 5.41) is 1.99. The second-order valence-corrected chi connectivity index (χ2v) is 6.47. The van der Waals surface area contributed by atoms with Gasteiger partial charge < -0.3 is 4.42 Å². The van der Waals surface area contributed by atoms with Crippen molar-refractivity contribution < 1.29 is 9.21 Å². The van der Waals surface area contributed by atoms with Gasteiger partial charge in [0.2, 0.25) is 0 Å². The number of halogens is 1. The molecule has 3 aromatic carbocycles. The predicted molar refractivity (Wildman–Crippen MR) is 101 cm³/mol. The third-order valence-corrected chi connectivity index (χ3v) is 4.49. The summed E-state index contributed by atoms with van der Waals surface area (Å²) in [6.45, 7) is 0. The van der Waals surface area contributed by atoms with Gasteiger partial charge in [-0.2, -0.15) is 0 Å². The second-order valence-electron chi connectivity index (χ2n) is 5.56. The molecule has 0 bridgehead atoms. The number of furan rings is 1. The molecule has 0 radical (unpaired) electrons. The summed E-state index contributed by atoms with van der Waals surface area (Å²) in [6.07, 6.45) is 3.43. The third-order valence-electron chi connectivity index (χ3n) is 3.96. The molecule has 116 valence electrons. The molecule has 0 aliphatic carbocycles. The molecule has 0 atom stereocenters. The molecule has 3 heteroatoms. The van der Waals surface area contributed by atoms with E-state index in [1.54, 1.807) is 12.1 Å². The minimum absolute atomic E-state index is 0.0231. The number of allylic oxidation sites excluding steroid dienone is 1. The van der Waals surface area contributed by atoms with Crippen LogP contribution in [0.25, 0.3) is 28.0 Å². The smallest absolute Gasteiger partial charge is 0.185 e. The Labute approximate surface area is 147 Å².